The van der Waals surface area contributed by atoms with Crippen LogP contribution < -0.4 is 20.3 Å². The fourth-order valence-electron chi connectivity index (χ4n) is 3.35. The van der Waals surface area contributed by atoms with Gasteiger partial charge in [0, 0.05) is 19.2 Å². The summed E-state index contributed by atoms with van der Waals surface area (Å²) >= 11 is 5.47. The van der Waals surface area contributed by atoms with Crippen molar-refractivity contribution in [1.82, 2.24) is 10.6 Å². The molecule has 3 aromatic rings. The van der Waals surface area contributed by atoms with Crippen molar-refractivity contribution in [2.24, 2.45) is 5.92 Å². The lowest BCUT2D eigenvalue weighted by molar-refractivity contribution is 0.0952. The summed E-state index contributed by atoms with van der Waals surface area (Å²) in [5, 5.41) is 5.90. The maximum atomic E-state index is 12.9. The predicted molar refractivity (Wildman–Crippen MR) is 144 cm³/mol. The van der Waals surface area contributed by atoms with Crippen LogP contribution in [0.4, 0.5) is 5.69 Å². The number of hydrogen-bond donors (Lipinski definition) is 2. The Morgan fingerprint density at radius 1 is 0.914 bits per heavy atom. The summed E-state index contributed by atoms with van der Waals surface area (Å²) in [6, 6.07) is 24.1. The summed E-state index contributed by atoms with van der Waals surface area (Å²) in [5.41, 5.74) is 2.70. The number of hydrogen-bond acceptors (Lipinski definition) is 4. The van der Waals surface area contributed by atoms with Gasteiger partial charge < -0.3 is 15.0 Å². The van der Waals surface area contributed by atoms with Gasteiger partial charge in [0.2, 0.25) is 0 Å². The Kier molecular flexibility index (Phi) is 9.38. The SMILES string of the molecule is CC(C)COc1ccc(C(=O)NC(=S)N(C)c2ccccc2C(=O)NCCc2ccccc2)cc1. The first-order valence-corrected chi connectivity index (χ1v) is 12.0. The van der Waals surface area contributed by atoms with Crippen LogP contribution >= 0.6 is 12.2 Å². The van der Waals surface area contributed by atoms with Gasteiger partial charge in [-0.1, -0.05) is 56.3 Å². The quantitative estimate of drug-likeness (QED) is 0.421. The summed E-state index contributed by atoms with van der Waals surface area (Å²) in [6.07, 6.45) is 0.736. The number of para-hydroxylation sites is 1. The number of anilines is 1. The maximum Gasteiger partial charge on any atom is 0.257 e. The molecule has 3 rings (SSSR count). The van der Waals surface area contributed by atoms with Gasteiger partial charge in [-0.15, -0.1) is 0 Å². The van der Waals surface area contributed by atoms with Crippen LogP contribution in [0.15, 0.2) is 78.9 Å². The number of nitrogens with zero attached hydrogens (tertiary/aromatic N) is 1. The molecule has 0 aliphatic heterocycles. The number of benzene rings is 3. The molecule has 0 atom stereocenters. The molecule has 0 unspecified atom stereocenters. The average Bonchev–Trinajstić information content (AvgIpc) is 2.87. The largest absolute Gasteiger partial charge is 0.493 e. The number of rotatable bonds is 9. The molecule has 182 valence electrons. The minimum Gasteiger partial charge on any atom is -0.493 e. The summed E-state index contributed by atoms with van der Waals surface area (Å²) in [4.78, 5) is 27.2. The molecule has 3 aromatic carbocycles. The molecule has 35 heavy (non-hydrogen) atoms. The summed E-state index contributed by atoms with van der Waals surface area (Å²) in [7, 11) is 1.72. The second-order valence-corrected chi connectivity index (χ2v) is 8.94. The number of amides is 2. The molecule has 7 heteroatoms. The van der Waals surface area contributed by atoms with E-state index in [1.165, 1.54) is 0 Å². The summed E-state index contributed by atoms with van der Waals surface area (Å²) in [6.45, 7) is 5.27. The molecule has 0 saturated carbocycles. The molecule has 0 heterocycles. The number of carbonyl (C=O) groups is 2. The molecule has 2 N–H and O–H groups in total. The van der Waals surface area contributed by atoms with E-state index in [0.717, 1.165) is 12.0 Å². The highest BCUT2D eigenvalue weighted by Crippen LogP contribution is 2.20. The van der Waals surface area contributed by atoms with Crippen LogP contribution in [0.25, 0.3) is 0 Å². The van der Waals surface area contributed by atoms with Crippen molar-refractivity contribution in [3.05, 3.63) is 95.6 Å². The second kappa shape index (κ2) is 12.7. The fourth-order valence-corrected chi connectivity index (χ4v) is 3.54. The van der Waals surface area contributed by atoms with Gasteiger partial charge >= 0.3 is 0 Å². The van der Waals surface area contributed by atoms with Crippen molar-refractivity contribution in [2.75, 3.05) is 25.1 Å². The normalized spacial score (nSPS) is 10.5. The predicted octanol–water partition coefficient (Wildman–Crippen LogP) is 4.85. The zero-order chi connectivity index (χ0) is 25.2. The van der Waals surface area contributed by atoms with Crippen LogP contribution in [0.5, 0.6) is 5.75 Å². The third-order valence-corrected chi connectivity index (χ3v) is 5.65. The Morgan fingerprint density at radius 3 is 2.26 bits per heavy atom. The van der Waals surface area contributed by atoms with Crippen molar-refractivity contribution in [1.29, 1.82) is 0 Å². The lowest BCUT2D eigenvalue weighted by Gasteiger charge is -2.23. The fraction of sp³-hybridized carbons (Fsp3) is 0.250. The molecule has 2 amide bonds. The monoisotopic (exact) mass is 489 g/mol. The first-order valence-electron chi connectivity index (χ1n) is 11.6. The van der Waals surface area contributed by atoms with Gasteiger partial charge in [0.15, 0.2) is 5.11 Å². The molecular formula is C28H31N3O3S. The molecule has 0 bridgehead atoms. The van der Waals surface area contributed by atoms with Crippen LogP contribution in [0.1, 0.15) is 40.1 Å². The Morgan fingerprint density at radius 2 is 1.57 bits per heavy atom. The molecule has 6 nitrogen and oxygen atoms in total. The highest BCUT2D eigenvalue weighted by atomic mass is 32.1. The van der Waals surface area contributed by atoms with E-state index in [9.17, 15) is 9.59 Å². The zero-order valence-corrected chi connectivity index (χ0v) is 21.1. The van der Waals surface area contributed by atoms with E-state index in [4.69, 9.17) is 17.0 Å². The van der Waals surface area contributed by atoms with Crippen LogP contribution in [0.3, 0.4) is 0 Å². The molecule has 0 fully saturated rings. The minimum absolute atomic E-state index is 0.194. The van der Waals surface area contributed by atoms with Crippen molar-refractivity contribution in [3.8, 4) is 5.75 Å². The highest BCUT2D eigenvalue weighted by Gasteiger charge is 2.18. The van der Waals surface area contributed by atoms with Crippen molar-refractivity contribution >= 4 is 34.8 Å². The van der Waals surface area contributed by atoms with Gasteiger partial charge in [0.25, 0.3) is 11.8 Å². The lowest BCUT2D eigenvalue weighted by Crippen LogP contribution is -2.41. The Labute approximate surface area is 212 Å². The van der Waals surface area contributed by atoms with Crippen LogP contribution in [0.2, 0.25) is 0 Å². The van der Waals surface area contributed by atoms with Crippen molar-refractivity contribution < 1.29 is 14.3 Å². The highest BCUT2D eigenvalue weighted by molar-refractivity contribution is 7.80. The Bertz CT molecular complexity index is 1150. The van der Waals surface area contributed by atoms with E-state index in [1.54, 1.807) is 54.4 Å². The molecule has 0 aliphatic rings. The Hall–Kier alpha value is -3.71. The number of thiocarbonyl (C=S) groups is 1. The van der Waals surface area contributed by atoms with E-state index in [1.807, 2.05) is 36.4 Å². The van der Waals surface area contributed by atoms with Gasteiger partial charge in [-0.2, -0.15) is 0 Å². The van der Waals surface area contributed by atoms with E-state index in [-0.39, 0.29) is 16.9 Å². The van der Waals surface area contributed by atoms with Gasteiger partial charge in [-0.05, 0) is 66.5 Å². The van der Waals surface area contributed by atoms with Crippen LogP contribution in [0, 0.1) is 5.92 Å². The maximum absolute atomic E-state index is 12.9. The van der Waals surface area contributed by atoms with E-state index in [2.05, 4.69) is 24.5 Å². The van der Waals surface area contributed by atoms with E-state index < -0.39 is 0 Å². The molecule has 0 radical (unpaired) electrons. The van der Waals surface area contributed by atoms with Gasteiger partial charge in [-0.3, -0.25) is 14.9 Å². The third-order valence-electron chi connectivity index (χ3n) is 5.28. The van der Waals surface area contributed by atoms with Gasteiger partial charge in [-0.25, -0.2) is 0 Å². The van der Waals surface area contributed by atoms with E-state index in [0.29, 0.717) is 41.6 Å². The third kappa shape index (κ3) is 7.65. The van der Waals surface area contributed by atoms with E-state index >= 15 is 0 Å². The summed E-state index contributed by atoms with van der Waals surface area (Å²) < 4.78 is 5.66. The zero-order valence-electron chi connectivity index (χ0n) is 20.3. The minimum atomic E-state index is -0.331. The smallest absolute Gasteiger partial charge is 0.257 e. The molecular weight excluding hydrogens is 458 g/mol. The Balaban J connectivity index is 1.60. The molecule has 0 spiro atoms. The summed E-state index contributed by atoms with van der Waals surface area (Å²) in [5.74, 6) is 0.596. The first-order chi connectivity index (χ1) is 16.8. The number of ether oxygens (including phenoxy) is 1. The average molecular weight is 490 g/mol. The van der Waals surface area contributed by atoms with Gasteiger partial charge in [0.05, 0.1) is 17.9 Å². The lowest BCUT2D eigenvalue weighted by atomic mass is 10.1. The molecule has 0 aliphatic carbocycles. The topological polar surface area (TPSA) is 70.7 Å². The standard InChI is InChI=1S/C28H31N3O3S/c1-20(2)19-34-23-15-13-22(14-16-23)26(32)30-28(35)31(3)25-12-8-7-11-24(25)27(33)29-18-17-21-9-5-4-6-10-21/h4-16,20H,17-19H2,1-3H3,(H,29,33)(H,30,32,35). The molecule has 0 aromatic heterocycles. The van der Waals surface area contributed by atoms with Crippen LogP contribution in [-0.2, 0) is 6.42 Å². The van der Waals surface area contributed by atoms with Crippen LogP contribution in [-0.4, -0.2) is 37.1 Å². The first kappa shape index (κ1) is 25.9. The second-order valence-electron chi connectivity index (χ2n) is 8.56. The number of carbonyl (C=O) groups excluding carboxylic acids is 2. The van der Waals surface area contributed by atoms with Crippen molar-refractivity contribution in [3.63, 3.8) is 0 Å². The number of nitrogens with one attached hydrogen (secondary N) is 2. The van der Waals surface area contributed by atoms with Gasteiger partial charge in [0.1, 0.15) is 5.75 Å². The van der Waals surface area contributed by atoms with Crippen molar-refractivity contribution in [2.45, 2.75) is 20.3 Å². The molecule has 0 saturated heterocycles.